The van der Waals surface area contributed by atoms with E-state index in [1.54, 1.807) is 24.3 Å². The van der Waals surface area contributed by atoms with Gasteiger partial charge < -0.3 is 13.8 Å². The fourth-order valence-corrected chi connectivity index (χ4v) is 3.09. The van der Waals surface area contributed by atoms with Gasteiger partial charge in [-0.2, -0.15) is 0 Å². The van der Waals surface area contributed by atoms with Crippen LogP contribution in [-0.4, -0.2) is 25.2 Å². The van der Waals surface area contributed by atoms with Gasteiger partial charge in [-0.3, -0.25) is 0 Å². The number of ether oxygens (including phenoxy) is 2. The molecule has 0 radical (unpaired) electrons. The fraction of sp³-hybridized carbons (Fsp3) is 0.667. The van der Waals surface area contributed by atoms with E-state index in [0.29, 0.717) is 24.3 Å². The Morgan fingerprint density at radius 1 is 0.613 bits per heavy atom. The van der Waals surface area contributed by atoms with Crippen LogP contribution in [0.4, 0.5) is 0 Å². The van der Waals surface area contributed by atoms with Crippen LogP contribution in [0.15, 0.2) is 24.3 Å². The number of unbranched alkanes of at least 4 members (excludes halogenated alkanes) is 10. The molecule has 0 atom stereocenters. The Kier molecular flexibility index (Phi) is 30.5. The van der Waals surface area contributed by atoms with Gasteiger partial charge in [-0.1, -0.05) is 90.2 Å². The first kappa shape index (κ1) is 36.7. The van der Waals surface area contributed by atoms with Crippen molar-refractivity contribution in [1.29, 1.82) is 0 Å². The number of carbonyl (C=O) groups is 2. The summed E-state index contributed by atoms with van der Waals surface area (Å²) in [4.78, 5) is 24.7. The second-order valence-electron chi connectivity index (χ2n) is 7.35. The third-order valence-corrected chi connectivity index (χ3v) is 4.83. The zero-order valence-corrected chi connectivity index (χ0v) is 26.8. The molecule has 0 unspecified atom stereocenters. The Morgan fingerprint density at radius 3 is 1.29 bits per heavy atom. The Morgan fingerprint density at radius 2 is 0.935 bits per heavy atom. The Balaban J connectivity index is -0.000000327. The van der Waals surface area contributed by atoms with Crippen LogP contribution >= 0.6 is 0 Å². The monoisotopic (exact) mass is 462 g/mol. The van der Waals surface area contributed by atoms with Crippen molar-refractivity contribution in [2.75, 3.05) is 13.2 Å². The molecule has 0 aliphatic heterocycles. The maximum atomic E-state index is 12.4. The van der Waals surface area contributed by atoms with Crippen molar-refractivity contribution in [3.8, 4) is 0 Å². The molecule has 0 spiro atoms. The second-order valence-corrected chi connectivity index (χ2v) is 7.35. The summed E-state index contributed by atoms with van der Waals surface area (Å²) < 4.78 is 10.7. The first-order valence-corrected chi connectivity index (χ1v) is 11.1. The van der Waals surface area contributed by atoms with Crippen LogP contribution in [0.5, 0.6) is 0 Å². The van der Waals surface area contributed by atoms with Crippen molar-refractivity contribution < 1.29 is 112 Å². The number of hydrogen-bond donors (Lipinski definition) is 0. The molecular formula is C24H41Na3O4. The van der Waals surface area contributed by atoms with E-state index >= 15 is 0 Å². The number of hydrogen-bond acceptors (Lipinski definition) is 4. The summed E-state index contributed by atoms with van der Waals surface area (Å²) in [7, 11) is 0. The van der Waals surface area contributed by atoms with E-state index < -0.39 is 11.9 Å². The molecule has 0 aromatic heterocycles. The van der Waals surface area contributed by atoms with Gasteiger partial charge in [0.1, 0.15) is 0 Å². The van der Waals surface area contributed by atoms with E-state index in [4.69, 9.17) is 9.47 Å². The molecule has 0 amide bonds. The van der Waals surface area contributed by atoms with Gasteiger partial charge in [0.2, 0.25) is 0 Å². The zero-order valence-electron chi connectivity index (χ0n) is 23.8. The molecule has 164 valence electrons. The van der Waals surface area contributed by atoms with Crippen molar-refractivity contribution >= 4 is 11.9 Å². The van der Waals surface area contributed by atoms with Crippen molar-refractivity contribution in [2.24, 2.45) is 0 Å². The van der Waals surface area contributed by atoms with Gasteiger partial charge in [-0.05, 0) is 25.0 Å². The van der Waals surface area contributed by atoms with Crippen LogP contribution in [-0.2, 0) is 9.47 Å². The number of esters is 2. The van der Waals surface area contributed by atoms with E-state index in [0.717, 1.165) is 25.7 Å². The van der Waals surface area contributed by atoms with E-state index in [1.165, 1.54) is 51.4 Å². The average Bonchev–Trinajstić information content (AvgIpc) is 2.72. The van der Waals surface area contributed by atoms with Crippen LogP contribution in [0.25, 0.3) is 0 Å². The summed E-state index contributed by atoms with van der Waals surface area (Å²) in [5.74, 6) is -0.888. The van der Waals surface area contributed by atoms with Crippen LogP contribution in [0, 0.1) is 0 Å². The molecule has 0 N–H and O–H groups in total. The minimum Gasteiger partial charge on any atom is -1.00 e. The standard InChI is InChI=1S/C24H38O4.3Na.3H/c1-3-5-7-9-11-15-19-27-23(25)21-17-13-14-18-22(21)24(26)28-20-16-12-10-8-6-4-2;;;;;;/h13-14,17-18H,3-12,15-16,19-20H2,1-2H3;;;;;;/q;3*+1;3*-1. The van der Waals surface area contributed by atoms with Gasteiger partial charge >= 0.3 is 101 Å². The zero-order chi connectivity index (χ0) is 20.5. The topological polar surface area (TPSA) is 52.6 Å². The van der Waals surface area contributed by atoms with Crippen LogP contribution in [0.1, 0.15) is 116 Å². The molecule has 1 aromatic carbocycles. The third kappa shape index (κ3) is 18.2. The molecule has 31 heavy (non-hydrogen) atoms. The van der Waals surface area contributed by atoms with Gasteiger partial charge in [-0.15, -0.1) is 0 Å². The predicted octanol–water partition coefficient (Wildman–Crippen LogP) is -1.93. The molecule has 4 nitrogen and oxygen atoms in total. The van der Waals surface area contributed by atoms with Crippen LogP contribution in [0.2, 0.25) is 0 Å². The largest absolute Gasteiger partial charge is 1.00 e. The van der Waals surface area contributed by atoms with Crippen molar-refractivity contribution in [1.82, 2.24) is 0 Å². The maximum absolute atomic E-state index is 12.4. The molecule has 0 aliphatic rings. The molecule has 0 heterocycles. The van der Waals surface area contributed by atoms with Gasteiger partial charge in [0, 0.05) is 0 Å². The smallest absolute Gasteiger partial charge is 1.00 e. The normalized spacial score (nSPS) is 9.61. The van der Waals surface area contributed by atoms with Gasteiger partial charge in [0.15, 0.2) is 0 Å². The molecule has 0 aliphatic carbocycles. The number of rotatable bonds is 16. The molecular weight excluding hydrogens is 421 g/mol. The minimum absolute atomic E-state index is 0. The molecule has 1 aromatic rings. The van der Waals surface area contributed by atoms with E-state index in [9.17, 15) is 9.59 Å². The number of carbonyl (C=O) groups excluding carboxylic acids is 2. The summed E-state index contributed by atoms with van der Waals surface area (Å²) >= 11 is 0. The quantitative estimate of drug-likeness (QED) is 0.163. The third-order valence-electron chi connectivity index (χ3n) is 4.83. The second kappa shape index (κ2) is 25.8. The number of benzene rings is 1. The van der Waals surface area contributed by atoms with Crippen molar-refractivity contribution in [2.45, 2.75) is 90.9 Å². The maximum Gasteiger partial charge on any atom is 1.00 e. The van der Waals surface area contributed by atoms with E-state index in [2.05, 4.69) is 13.8 Å². The molecule has 0 fully saturated rings. The summed E-state index contributed by atoms with van der Waals surface area (Å²) in [5, 5.41) is 0. The van der Waals surface area contributed by atoms with Gasteiger partial charge in [0.05, 0.1) is 24.3 Å². The Labute approximate surface area is 260 Å². The molecule has 0 saturated heterocycles. The van der Waals surface area contributed by atoms with Crippen molar-refractivity contribution in [3.63, 3.8) is 0 Å². The summed E-state index contributed by atoms with van der Waals surface area (Å²) in [6.45, 7) is 5.17. The molecule has 0 bridgehead atoms. The van der Waals surface area contributed by atoms with E-state index in [-0.39, 0.29) is 93.0 Å². The minimum atomic E-state index is -0.444. The first-order chi connectivity index (χ1) is 13.7. The molecule has 7 heteroatoms. The SMILES string of the molecule is CCCCCCCCOC(=O)c1ccccc1C(=O)OCCCCCCCC.[H-].[H-].[H-].[Na+].[Na+].[Na+]. The molecule has 1 rings (SSSR count). The van der Waals surface area contributed by atoms with Crippen LogP contribution < -0.4 is 88.7 Å². The Hall–Kier alpha value is 1.16. The summed E-state index contributed by atoms with van der Waals surface area (Å²) in [6.07, 6.45) is 13.6. The summed E-state index contributed by atoms with van der Waals surface area (Å²) in [6, 6.07) is 6.74. The fourth-order valence-electron chi connectivity index (χ4n) is 3.09. The van der Waals surface area contributed by atoms with Gasteiger partial charge in [0.25, 0.3) is 0 Å². The predicted molar refractivity (Wildman–Crippen MR) is 117 cm³/mol. The average molecular weight is 463 g/mol. The van der Waals surface area contributed by atoms with E-state index in [1.807, 2.05) is 0 Å². The Bertz CT molecular complexity index is 533. The van der Waals surface area contributed by atoms with Crippen LogP contribution in [0.3, 0.4) is 0 Å². The van der Waals surface area contributed by atoms with Crippen molar-refractivity contribution in [3.05, 3.63) is 35.4 Å². The summed E-state index contributed by atoms with van der Waals surface area (Å²) in [5.41, 5.74) is 0.586. The molecule has 0 saturated carbocycles. The first-order valence-electron chi connectivity index (χ1n) is 11.1. The van der Waals surface area contributed by atoms with Gasteiger partial charge in [-0.25, -0.2) is 9.59 Å².